The zero-order valence-electron chi connectivity index (χ0n) is 10.3. The SMILES string of the molecule is CC(C)NCC(=O)OCCOc1ccccc1. The van der Waals surface area contributed by atoms with Crippen molar-refractivity contribution in [3.63, 3.8) is 0 Å². The van der Waals surface area contributed by atoms with Gasteiger partial charge in [-0.2, -0.15) is 0 Å². The van der Waals surface area contributed by atoms with Gasteiger partial charge < -0.3 is 14.8 Å². The quantitative estimate of drug-likeness (QED) is 0.578. The highest BCUT2D eigenvalue weighted by atomic mass is 16.6. The molecule has 0 bridgehead atoms. The van der Waals surface area contributed by atoms with Crippen LogP contribution in [0.2, 0.25) is 0 Å². The van der Waals surface area contributed by atoms with Crippen molar-refractivity contribution >= 4 is 5.97 Å². The first-order valence-electron chi connectivity index (χ1n) is 5.75. The van der Waals surface area contributed by atoms with Crippen molar-refractivity contribution in [2.24, 2.45) is 0 Å². The molecule has 0 spiro atoms. The molecule has 0 saturated heterocycles. The van der Waals surface area contributed by atoms with Crippen LogP contribution in [0.4, 0.5) is 0 Å². The number of carbonyl (C=O) groups is 1. The average Bonchev–Trinajstić information content (AvgIpc) is 2.33. The molecule has 1 rings (SSSR count). The maximum Gasteiger partial charge on any atom is 0.320 e. The van der Waals surface area contributed by atoms with Crippen molar-refractivity contribution in [3.8, 4) is 5.75 Å². The van der Waals surface area contributed by atoms with Gasteiger partial charge in [0, 0.05) is 6.04 Å². The molecule has 0 heterocycles. The van der Waals surface area contributed by atoms with Gasteiger partial charge in [-0.25, -0.2) is 0 Å². The molecular formula is C13H19NO3. The maximum atomic E-state index is 11.2. The minimum Gasteiger partial charge on any atom is -0.490 e. The first kappa shape index (κ1) is 13.5. The first-order chi connectivity index (χ1) is 8.18. The molecule has 1 aromatic carbocycles. The molecule has 0 aliphatic carbocycles. The number of hydrogen-bond donors (Lipinski definition) is 1. The third-order valence-corrected chi connectivity index (χ3v) is 2.01. The van der Waals surface area contributed by atoms with Crippen LogP contribution in [0.25, 0.3) is 0 Å². The molecule has 0 aliphatic heterocycles. The van der Waals surface area contributed by atoms with Crippen molar-refractivity contribution < 1.29 is 14.3 Å². The number of esters is 1. The van der Waals surface area contributed by atoms with Gasteiger partial charge in [-0.3, -0.25) is 4.79 Å². The Labute approximate surface area is 102 Å². The van der Waals surface area contributed by atoms with Crippen LogP contribution in [0.5, 0.6) is 5.75 Å². The molecule has 1 N–H and O–H groups in total. The van der Waals surface area contributed by atoms with Crippen LogP contribution >= 0.6 is 0 Å². The predicted molar refractivity (Wildman–Crippen MR) is 66.0 cm³/mol. The monoisotopic (exact) mass is 237 g/mol. The third kappa shape index (κ3) is 6.58. The summed E-state index contributed by atoms with van der Waals surface area (Å²) in [6, 6.07) is 9.72. The lowest BCUT2D eigenvalue weighted by Crippen LogP contribution is -2.30. The Morgan fingerprint density at radius 1 is 1.24 bits per heavy atom. The molecule has 94 valence electrons. The van der Waals surface area contributed by atoms with E-state index in [0.29, 0.717) is 6.61 Å². The van der Waals surface area contributed by atoms with Gasteiger partial charge >= 0.3 is 5.97 Å². The van der Waals surface area contributed by atoms with Gasteiger partial charge in [0.05, 0.1) is 6.54 Å². The predicted octanol–water partition coefficient (Wildman–Crippen LogP) is 1.61. The minimum atomic E-state index is -0.254. The maximum absolute atomic E-state index is 11.2. The lowest BCUT2D eigenvalue weighted by Gasteiger charge is -2.09. The zero-order chi connectivity index (χ0) is 12.5. The summed E-state index contributed by atoms with van der Waals surface area (Å²) in [7, 11) is 0. The van der Waals surface area contributed by atoms with E-state index in [1.165, 1.54) is 0 Å². The second-order valence-electron chi connectivity index (χ2n) is 3.92. The fraction of sp³-hybridized carbons (Fsp3) is 0.462. The van der Waals surface area contributed by atoms with Gasteiger partial charge in [-0.05, 0) is 12.1 Å². The molecule has 0 aromatic heterocycles. The number of rotatable bonds is 7. The second-order valence-corrected chi connectivity index (χ2v) is 3.92. The first-order valence-corrected chi connectivity index (χ1v) is 5.75. The molecule has 0 fully saturated rings. The highest BCUT2D eigenvalue weighted by molar-refractivity contribution is 5.71. The zero-order valence-corrected chi connectivity index (χ0v) is 10.3. The summed E-state index contributed by atoms with van der Waals surface area (Å²) in [4.78, 5) is 11.2. The molecule has 17 heavy (non-hydrogen) atoms. The number of hydrogen-bond acceptors (Lipinski definition) is 4. The average molecular weight is 237 g/mol. The van der Waals surface area contributed by atoms with E-state index in [4.69, 9.17) is 9.47 Å². The Kier molecular flexibility index (Phi) is 6.10. The van der Waals surface area contributed by atoms with Crippen LogP contribution in [0.1, 0.15) is 13.8 Å². The summed E-state index contributed by atoms with van der Waals surface area (Å²) in [6.45, 7) is 4.84. The summed E-state index contributed by atoms with van der Waals surface area (Å²) in [5.41, 5.74) is 0. The Bertz CT molecular complexity index is 325. The summed E-state index contributed by atoms with van der Waals surface area (Å²) >= 11 is 0. The number of carbonyl (C=O) groups excluding carboxylic acids is 1. The van der Waals surface area contributed by atoms with E-state index in [1.807, 2.05) is 44.2 Å². The summed E-state index contributed by atoms with van der Waals surface area (Å²) < 4.78 is 10.4. The van der Waals surface area contributed by atoms with E-state index in [9.17, 15) is 4.79 Å². The van der Waals surface area contributed by atoms with Gasteiger partial charge in [0.15, 0.2) is 0 Å². The topological polar surface area (TPSA) is 47.6 Å². The Hall–Kier alpha value is -1.55. The number of ether oxygens (including phenoxy) is 2. The van der Waals surface area contributed by atoms with E-state index in [2.05, 4.69) is 5.32 Å². The number of nitrogens with one attached hydrogen (secondary N) is 1. The fourth-order valence-corrected chi connectivity index (χ4v) is 1.17. The molecule has 4 nitrogen and oxygen atoms in total. The van der Waals surface area contributed by atoms with Crippen LogP contribution in [0.3, 0.4) is 0 Å². The van der Waals surface area contributed by atoms with Crippen LogP contribution in [0.15, 0.2) is 30.3 Å². The number of benzene rings is 1. The van der Waals surface area contributed by atoms with Crippen molar-refractivity contribution in [1.82, 2.24) is 5.32 Å². The van der Waals surface area contributed by atoms with E-state index < -0.39 is 0 Å². The van der Waals surface area contributed by atoms with Crippen LogP contribution < -0.4 is 10.1 Å². The Morgan fingerprint density at radius 2 is 1.94 bits per heavy atom. The summed E-state index contributed by atoms with van der Waals surface area (Å²) in [6.07, 6.45) is 0. The Balaban J connectivity index is 2.06. The molecule has 1 aromatic rings. The molecule has 0 radical (unpaired) electrons. The molecule has 0 atom stereocenters. The largest absolute Gasteiger partial charge is 0.490 e. The molecular weight excluding hydrogens is 218 g/mol. The molecule has 0 aliphatic rings. The lowest BCUT2D eigenvalue weighted by atomic mass is 10.3. The molecule has 0 amide bonds. The Morgan fingerprint density at radius 3 is 2.59 bits per heavy atom. The molecule has 0 unspecified atom stereocenters. The van der Waals surface area contributed by atoms with E-state index >= 15 is 0 Å². The van der Waals surface area contributed by atoms with Gasteiger partial charge in [-0.1, -0.05) is 32.0 Å². The van der Waals surface area contributed by atoms with Gasteiger partial charge in [0.25, 0.3) is 0 Å². The van der Waals surface area contributed by atoms with Crippen molar-refractivity contribution in [2.75, 3.05) is 19.8 Å². The number of para-hydroxylation sites is 1. The highest BCUT2D eigenvalue weighted by Crippen LogP contribution is 2.07. The normalized spacial score (nSPS) is 10.3. The van der Waals surface area contributed by atoms with Crippen molar-refractivity contribution in [2.45, 2.75) is 19.9 Å². The van der Waals surface area contributed by atoms with Crippen LogP contribution in [-0.4, -0.2) is 31.8 Å². The van der Waals surface area contributed by atoms with E-state index in [1.54, 1.807) is 0 Å². The van der Waals surface area contributed by atoms with E-state index in [0.717, 1.165) is 5.75 Å². The fourth-order valence-electron chi connectivity index (χ4n) is 1.17. The smallest absolute Gasteiger partial charge is 0.320 e. The van der Waals surface area contributed by atoms with Crippen LogP contribution in [-0.2, 0) is 9.53 Å². The van der Waals surface area contributed by atoms with Gasteiger partial charge in [-0.15, -0.1) is 0 Å². The standard InChI is InChI=1S/C13H19NO3/c1-11(2)14-10-13(15)17-9-8-16-12-6-4-3-5-7-12/h3-7,11,14H,8-10H2,1-2H3. The van der Waals surface area contributed by atoms with Crippen LogP contribution in [0, 0.1) is 0 Å². The minimum absolute atomic E-state index is 0.239. The van der Waals surface area contributed by atoms with Crippen molar-refractivity contribution in [1.29, 1.82) is 0 Å². The van der Waals surface area contributed by atoms with Gasteiger partial charge in [0.2, 0.25) is 0 Å². The highest BCUT2D eigenvalue weighted by Gasteiger charge is 2.03. The van der Waals surface area contributed by atoms with Gasteiger partial charge in [0.1, 0.15) is 19.0 Å². The molecule has 4 heteroatoms. The molecule has 0 saturated carbocycles. The third-order valence-electron chi connectivity index (χ3n) is 2.01. The summed E-state index contributed by atoms with van der Waals surface area (Å²) in [5, 5.41) is 2.99. The van der Waals surface area contributed by atoms with E-state index in [-0.39, 0.29) is 25.2 Å². The second kappa shape index (κ2) is 7.68. The lowest BCUT2D eigenvalue weighted by molar-refractivity contribution is -0.143. The summed E-state index contributed by atoms with van der Waals surface area (Å²) in [5.74, 6) is 0.527. The van der Waals surface area contributed by atoms with Crippen molar-refractivity contribution in [3.05, 3.63) is 30.3 Å².